The highest BCUT2D eigenvalue weighted by molar-refractivity contribution is 6.33. The second-order valence-electron chi connectivity index (χ2n) is 3.10. The van der Waals surface area contributed by atoms with Crippen molar-refractivity contribution < 1.29 is 0 Å². The van der Waals surface area contributed by atoms with E-state index >= 15 is 0 Å². The molecule has 0 atom stereocenters. The number of benzene rings is 1. The number of aromatic amines is 1. The molecule has 72 valence electrons. The van der Waals surface area contributed by atoms with Crippen LogP contribution in [0.1, 0.15) is 5.69 Å². The Kier molecular flexibility index (Phi) is 2.57. The minimum Gasteiger partial charge on any atom is -0.363 e. The van der Waals surface area contributed by atoms with Crippen molar-refractivity contribution in [2.75, 3.05) is 0 Å². The van der Waals surface area contributed by atoms with Crippen LogP contribution in [0.2, 0.25) is 5.02 Å². The van der Waals surface area contributed by atoms with Crippen LogP contribution in [0, 0.1) is 0 Å². The predicted molar refractivity (Wildman–Crippen MR) is 59.1 cm³/mol. The largest absolute Gasteiger partial charge is 0.363 e. The molecule has 0 fully saturated rings. The van der Waals surface area contributed by atoms with E-state index in [0.717, 1.165) is 21.8 Å². The summed E-state index contributed by atoms with van der Waals surface area (Å²) in [5, 5.41) is 0.759. The lowest BCUT2D eigenvalue weighted by Crippen LogP contribution is -1.94. The summed E-state index contributed by atoms with van der Waals surface area (Å²) < 4.78 is 0. The lowest BCUT2D eigenvalue weighted by molar-refractivity contribution is 1.01. The molecule has 1 aromatic heterocycles. The van der Waals surface area contributed by atoms with Gasteiger partial charge in [0.15, 0.2) is 0 Å². The lowest BCUT2D eigenvalue weighted by atomic mass is 10.1. The summed E-state index contributed by atoms with van der Waals surface area (Å²) in [5.41, 5.74) is 8.64. The Hall–Kier alpha value is -1.25. The van der Waals surface area contributed by atoms with Gasteiger partial charge in [-0.05, 0) is 12.1 Å². The number of aromatic nitrogens is 1. The SMILES string of the molecule is NCc1cc(-c2ccccc2Cl)c[nH]1. The van der Waals surface area contributed by atoms with Crippen LogP contribution in [-0.4, -0.2) is 4.98 Å². The molecule has 0 unspecified atom stereocenters. The van der Waals surface area contributed by atoms with E-state index in [0.29, 0.717) is 6.54 Å². The van der Waals surface area contributed by atoms with Gasteiger partial charge >= 0.3 is 0 Å². The second kappa shape index (κ2) is 3.86. The standard InChI is InChI=1S/C11H11ClN2/c12-11-4-2-1-3-10(11)8-5-9(6-13)14-7-8/h1-5,7,14H,6,13H2. The van der Waals surface area contributed by atoms with Gasteiger partial charge in [0, 0.05) is 34.6 Å². The Bertz CT molecular complexity index is 434. The van der Waals surface area contributed by atoms with Crippen LogP contribution >= 0.6 is 11.6 Å². The van der Waals surface area contributed by atoms with Crippen molar-refractivity contribution in [1.29, 1.82) is 0 Å². The van der Waals surface area contributed by atoms with E-state index in [4.69, 9.17) is 17.3 Å². The first kappa shape index (κ1) is 9.31. The van der Waals surface area contributed by atoms with E-state index in [-0.39, 0.29) is 0 Å². The quantitative estimate of drug-likeness (QED) is 0.780. The number of nitrogens with two attached hydrogens (primary N) is 1. The molecule has 2 aromatic rings. The third-order valence-electron chi connectivity index (χ3n) is 2.15. The van der Waals surface area contributed by atoms with Gasteiger partial charge in [-0.3, -0.25) is 0 Å². The molecule has 3 N–H and O–H groups in total. The van der Waals surface area contributed by atoms with Crippen molar-refractivity contribution in [3.63, 3.8) is 0 Å². The van der Waals surface area contributed by atoms with Crippen LogP contribution < -0.4 is 5.73 Å². The monoisotopic (exact) mass is 206 g/mol. The zero-order valence-electron chi connectivity index (χ0n) is 7.63. The van der Waals surface area contributed by atoms with Gasteiger partial charge in [0.05, 0.1) is 0 Å². The lowest BCUT2D eigenvalue weighted by Gasteiger charge is -1.99. The molecule has 0 saturated heterocycles. The van der Waals surface area contributed by atoms with E-state index in [1.807, 2.05) is 36.5 Å². The van der Waals surface area contributed by atoms with Gasteiger partial charge in [-0.15, -0.1) is 0 Å². The predicted octanol–water partition coefficient (Wildman–Crippen LogP) is 2.79. The van der Waals surface area contributed by atoms with E-state index in [1.165, 1.54) is 0 Å². The van der Waals surface area contributed by atoms with E-state index in [9.17, 15) is 0 Å². The Morgan fingerprint density at radius 2 is 2.07 bits per heavy atom. The summed E-state index contributed by atoms with van der Waals surface area (Å²) in [7, 11) is 0. The fourth-order valence-corrected chi connectivity index (χ4v) is 1.66. The Labute approximate surface area is 87.7 Å². The number of H-pyrrole nitrogens is 1. The fraction of sp³-hybridized carbons (Fsp3) is 0.0909. The summed E-state index contributed by atoms with van der Waals surface area (Å²) in [6.07, 6.45) is 1.92. The second-order valence-corrected chi connectivity index (χ2v) is 3.50. The van der Waals surface area contributed by atoms with Crippen LogP contribution in [0.4, 0.5) is 0 Å². The Balaban J connectivity index is 2.44. The van der Waals surface area contributed by atoms with Gasteiger partial charge < -0.3 is 10.7 Å². The van der Waals surface area contributed by atoms with Crippen molar-refractivity contribution in [3.05, 3.63) is 47.2 Å². The molecule has 0 spiro atoms. The molecular formula is C11H11ClN2. The third-order valence-corrected chi connectivity index (χ3v) is 2.48. The van der Waals surface area contributed by atoms with E-state index in [1.54, 1.807) is 0 Å². The Morgan fingerprint density at radius 1 is 1.29 bits per heavy atom. The van der Waals surface area contributed by atoms with Crippen molar-refractivity contribution in [2.24, 2.45) is 5.73 Å². The molecule has 0 aliphatic rings. The van der Waals surface area contributed by atoms with Crippen LogP contribution in [0.5, 0.6) is 0 Å². The minimum atomic E-state index is 0.518. The topological polar surface area (TPSA) is 41.8 Å². The molecule has 14 heavy (non-hydrogen) atoms. The van der Waals surface area contributed by atoms with Gasteiger partial charge in [0.25, 0.3) is 0 Å². The normalized spacial score (nSPS) is 10.4. The number of hydrogen-bond acceptors (Lipinski definition) is 1. The molecule has 1 aromatic carbocycles. The zero-order valence-corrected chi connectivity index (χ0v) is 8.38. The van der Waals surface area contributed by atoms with Gasteiger partial charge in [-0.2, -0.15) is 0 Å². The Morgan fingerprint density at radius 3 is 2.71 bits per heavy atom. The summed E-state index contributed by atoms with van der Waals surface area (Å²) in [4.78, 5) is 3.10. The van der Waals surface area contributed by atoms with Crippen LogP contribution in [-0.2, 0) is 6.54 Å². The molecule has 0 saturated carbocycles. The smallest absolute Gasteiger partial charge is 0.0484 e. The maximum Gasteiger partial charge on any atom is 0.0484 e. The van der Waals surface area contributed by atoms with E-state index in [2.05, 4.69) is 4.98 Å². The zero-order chi connectivity index (χ0) is 9.97. The van der Waals surface area contributed by atoms with Crippen LogP contribution in [0.15, 0.2) is 36.5 Å². The molecule has 0 bridgehead atoms. The molecule has 0 radical (unpaired) electrons. The molecule has 2 nitrogen and oxygen atoms in total. The average molecular weight is 207 g/mol. The maximum absolute atomic E-state index is 6.07. The van der Waals surface area contributed by atoms with Crippen molar-refractivity contribution in [3.8, 4) is 11.1 Å². The van der Waals surface area contributed by atoms with Crippen LogP contribution in [0.25, 0.3) is 11.1 Å². The van der Waals surface area contributed by atoms with Gasteiger partial charge in [0.1, 0.15) is 0 Å². The van der Waals surface area contributed by atoms with E-state index < -0.39 is 0 Å². The van der Waals surface area contributed by atoms with Crippen molar-refractivity contribution in [2.45, 2.75) is 6.54 Å². The van der Waals surface area contributed by atoms with Gasteiger partial charge in [-0.25, -0.2) is 0 Å². The first-order valence-corrected chi connectivity index (χ1v) is 4.81. The van der Waals surface area contributed by atoms with Gasteiger partial charge in [0.2, 0.25) is 0 Å². The highest BCUT2D eigenvalue weighted by Gasteiger charge is 2.03. The summed E-state index contributed by atoms with van der Waals surface area (Å²) in [6.45, 7) is 0.518. The van der Waals surface area contributed by atoms with Crippen molar-refractivity contribution in [1.82, 2.24) is 4.98 Å². The minimum absolute atomic E-state index is 0.518. The molecule has 1 heterocycles. The maximum atomic E-state index is 6.07. The van der Waals surface area contributed by atoms with Gasteiger partial charge in [-0.1, -0.05) is 29.8 Å². The number of halogens is 1. The molecule has 0 amide bonds. The summed E-state index contributed by atoms with van der Waals surface area (Å²) in [5.74, 6) is 0. The fourth-order valence-electron chi connectivity index (χ4n) is 1.41. The third kappa shape index (κ3) is 1.67. The molecular weight excluding hydrogens is 196 g/mol. The summed E-state index contributed by atoms with van der Waals surface area (Å²) >= 11 is 6.07. The highest BCUT2D eigenvalue weighted by Crippen LogP contribution is 2.27. The number of nitrogens with one attached hydrogen (secondary N) is 1. The first-order chi connectivity index (χ1) is 6.81. The average Bonchev–Trinajstić information content (AvgIpc) is 2.67. The molecule has 3 heteroatoms. The van der Waals surface area contributed by atoms with Crippen molar-refractivity contribution >= 4 is 11.6 Å². The number of rotatable bonds is 2. The first-order valence-electron chi connectivity index (χ1n) is 4.43. The highest BCUT2D eigenvalue weighted by atomic mass is 35.5. The molecule has 2 rings (SSSR count). The summed E-state index contributed by atoms with van der Waals surface area (Å²) in [6, 6.07) is 9.78. The molecule has 0 aliphatic heterocycles. The van der Waals surface area contributed by atoms with Crippen LogP contribution in [0.3, 0.4) is 0 Å². The number of hydrogen-bond donors (Lipinski definition) is 2. The molecule has 0 aliphatic carbocycles.